The molecule has 1 unspecified atom stereocenters. The van der Waals surface area contributed by atoms with Crippen molar-refractivity contribution in [2.45, 2.75) is 46.1 Å². The van der Waals surface area contributed by atoms with Gasteiger partial charge in [-0.05, 0) is 76.4 Å². The van der Waals surface area contributed by atoms with Crippen LogP contribution in [0.5, 0.6) is 0 Å². The highest BCUT2D eigenvalue weighted by Crippen LogP contribution is 2.25. The monoisotopic (exact) mass is 297 g/mol. The molecule has 2 heterocycles. The summed E-state index contributed by atoms with van der Waals surface area (Å²) in [6.07, 6.45) is 3.87. The van der Waals surface area contributed by atoms with E-state index >= 15 is 0 Å². The van der Waals surface area contributed by atoms with Gasteiger partial charge in [0, 0.05) is 18.0 Å². The van der Waals surface area contributed by atoms with E-state index in [9.17, 15) is 0 Å². The number of fused-ring (bicyclic) bond motifs is 1. The van der Waals surface area contributed by atoms with Crippen LogP contribution in [0.4, 0.5) is 5.82 Å². The van der Waals surface area contributed by atoms with Crippen LogP contribution in [0, 0.1) is 20.8 Å². The van der Waals surface area contributed by atoms with Crippen molar-refractivity contribution in [3.8, 4) is 0 Å². The molecule has 0 radical (unpaired) electrons. The van der Waals surface area contributed by atoms with Crippen molar-refractivity contribution in [1.82, 2.24) is 9.88 Å². The zero-order valence-electron chi connectivity index (χ0n) is 14.2. The van der Waals surface area contributed by atoms with E-state index in [1.54, 1.807) is 0 Å². The molecular weight excluding hydrogens is 270 g/mol. The molecule has 3 heteroatoms. The minimum absolute atomic E-state index is 0.734. The molecule has 2 aromatic rings. The average molecular weight is 297 g/mol. The second-order valence-electron chi connectivity index (χ2n) is 6.72. The van der Waals surface area contributed by atoms with Crippen LogP contribution in [0.1, 0.15) is 36.0 Å². The molecule has 1 fully saturated rings. The number of nitrogens with zero attached hydrogens (tertiary/aromatic N) is 2. The molecule has 1 aliphatic heterocycles. The Bertz CT molecular complexity index is 678. The number of aryl methyl sites for hydroxylation is 3. The standard InChI is InChI=1S/C19H27N3/c1-13-7-8-17-14(2)12-18(21-19(17)15(13)3)20-10-9-16-6-5-11-22(16)4/h7-8,12,16H,5-6,9-11H2,1-4H3,(H,20,21). The second-order valence-corrected chi connectivity index (χ2v) is 6.72. The van der Waals surface area contributed by atoms with E-state index in [0.29, 0.717) is 0 Å². The summed E-state index contributed by atoms with van der Waals surface area (Å²) in [7, 11) is 2.24. The number of rotatable bonds is 4. The van der Waals surface area contributed by atoms with Gasteiger partial charge in [0.15, 0.2) is 0 Å². The van der Waals surface area contributed by atoms with Gasteiger partial charge < -0.3 is 10.2 Å². The fourth-order valence-electron chi connectivity index (χ4n) is 3.50. The molecule has 1 aromatic heterocycles. The van der Waals surface area contributed by atoms with Gasteiger partial charge in [-0.1, -0.05) is 12.1 Å². The van der Waals surface area contributed by atoms with Gasteiger partial charge in [0.2, 0.25) is 0 Å². The van der Waals surface area contributed by atoms with Crippen LogP contribution in [0.2, 0.25) is 0 Å². The maximum Gasteiger partial charge on any atom is 0.126 e. The lowest BCUT2D eigenvalue weighted by Crippen LogP contribution is -2.27. The SMILES string of the molecule is Cc1ccc2c(C)cc(NCCC3CCCN3C)nc2c1C. The Morgan fingerprint density at radius 3 is 2.77 bits per heavy atom. The van der Waals surface area contributed by atoms with Gasteiger partial charge in [-0.15, -0.1) is 0 Å². The quantitative estimate of drug-likeness (QED) is 0.922. The van der Waals surface area contributed by atoms with E-state index in [0.717, 1.165) is 23.9 Å². The number of hydrogen-bond donors (Lipinski definition) is 1. The molecule has 0 saturated carbocycles. The van der Waals surface area contributed by atoms with Crippen LogP contribution < -0.4 is 5.32 Å². The van der Waals surface area contributed by atoms with Crippen LogP contribution in [-0.4, -0.2) is 36.1 Å². The van der Waals surface area contributed by atoms with Crippen molar-refractivity contribution in [2.75, 3.05) is 25.5 Å². The topological polar surface area (TPSA) is 28.2 Å². The van der Waals surface area contributed by atoms with E-state index in [1.807, 2.05) is 0 Å². The zero-order chi connectivity index (χ0) is 15.7. The Labute approximate surface area is 133 Å². The number of likely N-dealkylation sites (tertiary alicyclic amines) is 1. The molecule has 0 amide bonds. The Kier molecular flexibility index (Phi) is 4.34. The summed E-state index contributed by atoms with van der Waals surface area (Å²) < 4.78 is 0. The predicted octanol–water partition coefficient (Wildman–Crippen LogP) is 4.06. The molecule has 0 aliphatic carbocycles. The molecule has 1 aliphatic rings. The summed E-state index contributed by atoms with van der Waals surface area (Å²) in [5.74, 6) is 1.01. The molecule has 118 valence electrons. The molecule has 3 nitrogen and oxygen atoms in total. The molecule has 22 heavy (non-hydrogen) atoms. The van der Waals surface area contributed by atoms with E-state index in [4.69, 9.17) is 4.98 Å². The first-order valence-electron chi connectivity index (χ1n) is 8.38. The molecule has 0 bridgehead atoms. The minimum Gasteiger partial charge on any atom is -0.370 e. The summed E-state index contributed by atoms with van der Waals surface area (Å²) in [5.41, 5.74) is 5.04. The number of hydrogen-bond acceptors (Lipinski definition) is 3. The number of aromatic nitrogens is 1. The fourth-order valence-corrected chi connectivity index (χ4v) is 3.50. The van der Waals surface area contributed by atoms with Crippen molar-refractivity contribution in [1.29, 1.82) is 0 Å². The van der Waals surface area contributed by atoms with Gasteiger partial charge in [0.25, 0.3) is 0 Å². The van der Waals surface area contributed by atoms with Crippen LogP contribution in [0.15, 0.2) is 18.2 Å². The lowest BCUT2D eigenvalue weighted by molar-refractivity contribution is 0.301. The smallest absolute Gasteiger partial charge is 0.126 e. The third kappa shape index (κ3) is 2.95. The van der Waals surface area contributed by atoms with Crippen LogP contribution in [-0.2, 0) is 0 Å². The molecule has 0 spiro atoms. The second kappa shape index (κ2) is 6.25. The summed E-state index contributed by atoms with van der Waals surface area (Å²) in [6, 6.07) is 7.29. The highest BCUT2D eigenvalue weighted by Gasteiger charge is 2.20. The Hall–Kier alpha value is -1.61. The number of benzene rings is 1. The van der Waals surface area contributed by atoms with E-state index in [1.165, 1.54) is 47.9 Å². The average Bonchev–Trinajstić information content (AvgIpc) is 2.89. The lowest BCUT2D eigenvalue weighted by Gasteiger charge is -2.19. The first-order chi connectivity index (χ1) is 10.6. The largest absolute Gasteiger partial charge is 0.370 e. The third-order valence-electron chi connectivity index (χ3n) is 5.17. The molecule has 1 saturated heterocycles. The Morgan fingerprint density at radius 1 is 1.23 bits per heavy atom. The van der Waals surface area contributed by atoms with Gasteiger partial charge in [0.1, 0.15) is 5.82 Å². The Balaban J connectivity index is 1.75. The first-order valence-corrected chi connectivity index (χ1v) is 8.38. The summed E-state index contributed by atoms with van der Waals surface area (Å²) in [4.78, 5) is 7.34. The van der Waals surface area contributed by atoms with E-state index in [-0.39, 0.29) is 0 Å². The van der Waals surface area contributed by atoms with Gasteiger partial charge >= 0.3 is 0 Å². The summed E-state index contributed by atoms with van der Waals surface area (Å²) in [6.45, 7) is 8.74. The van der Waals surface area contributed by atoms with Gasteiger partial charge in [-0.2, -0.15) is 0 Å². The molecular formula is C19H27N3. The van der Waals surface area contributed by atoms with E-state index < -0.39 is 0 Å². The van der Waals surface area contributed by atoms with Crippen LogP contribution in [0.3, 0.4) is 0 Å². The summed E-state index contributed by atoms with van der Waals surface area (Å²) >= 11 is 0. The molecule has 1 N–H and O–H groups in total. The highest BCUT2D eigenvalue weighted by atomic mass is 15.1. The predicted molar refractivity (Wildman–Crippen MR) is 94.7 cm³/mol. The minimum atomic E-state index is 0.734. The number of anilines is 1. The van der Waals surface area contributed by atoms with Crippen molar-refractivity contribution in [3.63, 3.8) is 0 Å². The lowest BCUT2D eigenvalue weighted by atomic mass is 10.0. The Morgan fingerprint density at radius 2 is 2.05 bits per heavy atom. The van der Waals surface area contributed by atoms with Gasteiger partial charge in [-0.25, -0.2) is 4.98 Å². The maximum absolute atomic E-state index is 4.85. The van der Waals surface area contributed by atoms with Crippen molar-refractivity contribution in [2.24, 2.45) is 0 Å². The normalized spacial score (nSPS) is 19.0. The first kappa shape index (κ1) is 15.3. The van der Waals surface area contributed by atoms with Crippen molar-refractivity contribution < 1.29 is 0 Å². The van der Waals surface area contributed by atoms with Crippen molar-refractivity contribution >= 4 is 16.7 Å². The zero-order valence-corrected chi connectivity index (χ0v) is 14.2. The molecule has 1 atom stereocenters. The fraction of sp³-hybridized carbons (Fsp3) is 0.526. The van der Waals surface area contributed by atoms with Crippen LogP contribution in [0.25, 0.3) is 10.9 Å². The number of nitrogens with one attached hydrogen (secondary N) is 1. The third-order valence-corrected chi connectivity index (χ3v) is 5.17. The highest BCUT2D eigenvalue weighted by molar-refractivity contribution is 5.87. The maximum atomic E-state index is 4.85. The van der Waals surface area contributed by atoms with Crippen LogP contribution >= 0.6 is 0 Å². The van der Waals surface area contributed by atoms with Gasteiger partial charge in [-0.3, -0.25) is 0 Å². The molecule has 1 aromatic carbocycles. The van der Waals surface area contributed by atoms with Gasteiger partial charge in [0.05, 0.1) is 5.52 Å². The number of pyridine rings is 1. The van der Waals surface area contributed by atoms with E-state index in [2.05, 4.69) is 56.2 Å². The molecule has 3 rings (SSSR count). The summed E-state index contributed by atoms with van der Waals surface area (Å²) in [5, 5.41) is 4.80. The van der Waals surface area contributed by atoms with Crippen molar-refractivity contribution in [3.05, 3.63) is 34.9 Å².